The molecule has 0 aromatic rings. The van der Waals surface area contributed by atoms with Crippen LogP contribution in [0.3, 0.4) is 0 Å². The first-order valence-electron chi connectivity index (χ1n) is 32.2. The van der Waals surface area contributed by atoms with E-state index >= 15 is 0 Å². The summed E-state index contributed by atoms with van der Waals surface area (Å²) in [6.07, 6.45) is 79.5. The number of amides is 1. The number of hydrogen-bond donors (Lipinski definition) is 2. The van der Waals surface area contributed by atoms with Crippen molar-refractivity contribution in [1.82, 2.24) is 5.32 Å². The molecule has 0 heterocycles. The van der Waals surface area contributed by atoms with Crippen LogP contribution < -0.4 is 5.32 Å². The largest absolute Gasteiger partial charge is 0.472 e. The Morgan fingerprint density at radius 2 is 0.810 bits per heavy atom. The summed E-state index contributed by atoms with van der Waals surface area (Å²) < 4.78 is 30.7. The number of phosphoric acid groups is 1. The van der Waals surface area contributed by atoms with Gasteiger partial charge in [-0.15, -0.1) is 0 Å². The van der Waals surface area contributed by atoms with Gasteiger partial charge in [0.15, 0.2) is 0 Å². The van der Waals surface area contributed by atoms with Crippen LogP contribution in [0, 0.1) is 0 Å². The summed E-state index contributed by atoms with van der Waals surface area (Å²) in [5.74, 6) is -0.562. The molecule has 454 valence electrons. The van der Waals surface area contributed by atoms with Crippen molar-refractivity contribution in [1.29, 1.82) is 0 Å². The van der Waals surface area contributed by atoms with Crippen molar-refractivity contribution in [2.24, 2.45) is 0 Å². The molecule has 0 rings (SSSR count). The minimum atomic E-state index is -4.47. The van der Waals surface area contributed by atoms with Crippen molar-refractivity contribution >= 4 is 19.7 Å². The fourth-order valence-corrected chi connectivity index (χ4v) is 9.47. The third-order valence-electron chi connectivity index (χ3n) is 13.7. The second-order valence-corrected chi connectivity index (χ2v) is 24.0. The molecule has 0 aromatic heterocycles. The Kier molecular flexibility index (Phi) is 55.4. The number of phosphoric ester groups is 1. The molecule has 2 N–H and O–H groups in total. The summed E-state index contributed by atoms with van der Waals surface area (Å²) in [4.78, 5) is 37.7. The van der Waals surface area contributed by atoms with Crippen molar-refractivity contribution < 1.29 is 37.3 Å². The Bertz CT molecular complexity index is 1720. The summed E-state index contributed by atoms with van der Waals surface area (Å²) in [7, 11) is 1.45. The number of hydrogen-bond acceptors (Lipinski definition) is 6. The van der Waals surface area contributed by atoms with Gasteiger partial charge in [0.05, 0.1) is 33.8 Å². The lowest BCUT2D eigenvalue weighted by molar-refractivity contribution is -0.870. The fourth-order valence-electron chi connectivity index (χ4n) is 8.74. The number of nitrogens with one attached hydrogen (secondary N) is 1. The number of quaternary nitrogens is 1. The first-order valence-corrected chi connectivity index (χ1v) is 33.7. The number of esters is 1. The SMILES string of the molecule is CC/C=C\C/C=C\C/C=C\C/C=C\C/C=C\C/C=C\CCCCC(=O)NC(COP(=O)(O)OCC[N+](C)(C)C)C(/C=C/CCCCCCCCCCC)OC(=O)CCCCCCCCCCCCC/C=C\C/C=C\CCCCC. The third kappa shape index (κ3) is 59.1. The molecule has 0 saturated carbocycles. The van der Waals surface area contributed by atoms with Crippen molar-refractivity contribution in [3.05, 3.63) is 109 Å². The van der Waals surface area contributed by atoms with Crippen LogP contribution in [0.15, 0.2) is 109 Å². The van der Waals surface area contributed by atoms with Crippen LogP contribution in [0.2, 0.25) is 0 Å². The van der Waals surface area contributed by atoms with E-state index in [0.29, 0.717) is 17.4 Å². The van der Waals surface area contributed by atoms with Crippen molar-refractivity contribution in [3.8, 4) is 0 Å². The molecule has 0 spiro atoms. The molecule has 10 heteroatoms. The summed E-state index contributed by atoms with van der Waals surface area (Å²) in [5, 5.41) is 3.03. The number of nitrogens with zero attached hydrogens (tertiary/aromatic N) is 1. The average molecular weight is 1120 g/mol. The van der Waals surface area contributed by atoms with E-state index in [4.69, 9.17) is 13.8 Å². The minimum Gasteiger partial charge on any atom is -0.456 e. The summed E-state index contributed by atoms with van der Waals surface area (Å²) in [5.41, 5.74) is 0. The molecule has 0 aliphatic rings. The molecule has 0 aliphatic carbocycles. The summed E-state index contributed by atoms with van der Waals surface area (Å²) >= 11 is 0. The number of carbonyl (C=O) groups is 2. The topological polar surface area (TPSA) is 111 Å². The van der Waals surface area contributed by atoms with E-state index in [2.05, 4.69) is 123 Å². The van der Waals surface area contributed by atoms with Crippen LogP contribution in [0.25, 0.3) is 0 Å². The lowest BCUT2D eigenvalue weighted by atomic mass is 10.0. The Balaban J connectivity index is 5.25. The predicted molar refractivity (Wildman–Crippen MR) is 341 cm³/mol. The van der Waals surface area contributed by atoms with Gasteiger partial charge in [-0.05, 0) is 115 Å². The van der Waals surface area contributed by atoms with Crippen LogP contribution in [0.5, 0.6) is 0 Å². The van der Waals surface area contributed by atoms with Gasteiger partial charge in [-0.3, -0.25) is 18.6 Å². The Hall–Kier alpha value is -3.33. The first-order chi connectivity index (χ1) is 38.4. The van der Waals surface area contributed by atoms with Crippen LogP contribution in [-0.4, -0.2) is 74.3 Å². The lowest BCUT2D eigenvalue weighted by Crippen LogP contribution is -2.47. The smallest absolute Gasteiger partial charge is 0.456 e. The molecule has 3 atom stereocenters. The second kappa shape index (κ2) is 57.9. The molecule has 0 aliphatic heterocycles. The van der Waals surface area contributed by atoms with E-state index in [1.165, 1.54) is 128 Å². The maximum absolute atomic E-state index is 13.5. The molecular formula is C69H122N2O7P+. The van der Waals surface area contributed by atoms with E-state index < -0.39 is 20.0 Å². The predicted octanol–water partition coefficient (Wildman–Crippen LogP) is 20.1. The van der Waals surface area contributed by atoms with Gasteiger partial charge in [0.25, 0.3) is 0 Å². The average Bonchev–Trinajstić information content (AvgIpc) is 3.41. The normalized spacial score (nSPS) is 14.4. The van der Waals surface area contributed by atoms with E-state index in [0.717, 1.165) is 96.3 Å². The monoisotopic (exact) mass is 1120 g/mol. The number of rotatable bonds is 57. The number of unbranched alkanes of at least 4 members (excludes halogenated alkanes) is 25. The van der Waals surface area contributed by atoms with Crippen molar-refractivity contribution in [3.63, 3.8) is 0 Å². The summed E-state index contributed by atoms with van der Waals surface area (Å²) in [6, 6.07) is -0.879. The number of ether oxygens (including phenoxy) is 1. The minimum absolute atomic E-state index is 0.0262. The molecule has 0 radical (unpaired) electrons. The van der Waals surface area contributed by atoms with Crippen LogP contribution in [-0.2, 0) is 27.9 Å². The Morgan fingerprint density at radius 3 is 1.25 bits per heavy atom. The molecule has 0 fully saturated rings. The van der Waals surface area contributed by atoms with Gasteiger partial charge in [-0.1, -0.05) is 246 Å². The highest BCUT2D eigenvalue weighted by Crippen LogP contribution is 2.43. The maximum Gasteiger partial charge on any atom is 0.472 e. The highest BCUT2D eigenvalue weighted by atomic mass is 31.2. The molecular weight excluding hydrogens is 1000 g/mol. The van der Waals surface area contributed by atoms with Gasteiger partial charge >= 0.3 is 13.8 Å². The molecule has 1 amide bonds. The fraction of sp³-hybridized carbons (Fsp3) is 0.710. The van der Waals surface area contributed by atoms with Crippen molar-refractivity contribution in [2.75, 3.05) is 40.9 Å². The van der Waals surface area contributed by atoms with E-state index in [-0.39, 0.29) is 37.9 Å². The molecule has 3 unspecified atom stereocenters. The zero-order chi connectivity index (χ0) is 57.9. The highest BCUT2D eigenvalue weighted by molar-refractivity contribution is 7.47. The van der Waals surface area contributed by atoms with E-state index in [1.54, 1.807) is 0 Å². The van der Waals surface area contributed by atoms with E-state index in [9.17, 15) is 19.0 Å². The van der Waals surface area contributed by atoms with Crippen LogP contribution in [0.4, 0.5) is 0 Å². The molecule has 0 saturated heterocycles. The van der Waals surface area contributed by atoms with Gasteiger partial charge < -0.3 is 19.4 Å². The molecule has 0 bridgehead atoms. The van der Waals surface area contributed by atoms with Gasteiger partial charge in [0.1, 0.15) is 19.3 Å². The molecule has 0 aromatic carbocycles. The standard InChI is InChI=1S/C69H121N2O7P/c1-7-10-13-16-19-22-25-27-29-31-33-35-37-39-41-43-46-49-52-55-58-61-68(72)70-66(65-77-79(74,75)76-64-63-71(4,5)6)67(60-57-54-51-48-45-24-21-18-15-12-9-3)78-69(73)62-59-56-53-50-47-44-42-40-38-36-34-32-30-28-26-23-20-17-14-11-8-2/h10,13,19-20,22-23,27-30,33,35,39,41,46,49,57,60,66-67H,7-9,11-12,14-18,21,24-26,31-32,34,36-38,40,42-45,47-48,50-56,58-59,61-65H2,1-6H3,(H-,70,72,74,75)/p+1/b13-10-,22-19-,23-20-,29-27-,30-28-,35-33-,41-39-,49-46-,60-57+. The first kappa shape index (κ1) is 75.7. The third-order valence-corrected chi connectivity index (χ3v) is 14.7. The maximum atomic E-state index is 13.5. The number of carbonyl (C=O) groups excluding carboxylic acids is 2. The highest BCUT2D eigenvalue weighted by Gasteiger charge is 2.30. The van der Waals surface area contributed by atoms with Gasteiger partial charge in [-0.2, -0.15) is 0 Å². The lowest BCUT2D eigenvalue weighted by Gasteiger charge is -2.27. The zero-order valence-corrected chi connectivity index (χ0v) is 52.7. The number of likely N-dealkylation sites (N-methyl/N-ethyl adjacent to an activating group) is 1. The molecule has 79 heavy (non-hydrogen) atoms. The van der Waals surface area contributed by atoms with Gasteiger partial charge in [0, 0.05) is 12.8 Å². The van der Waals surface area contributed by atoms with Crippen LogP contribution >= 0.6 is 7.82 Å². The quantitative estimate of drug-likeness (QED) is 0.0205. The Morgan fingerprint density at radius 1 is 0.456 bits per heavy atom. The summed E-state index contributed by atoms with van der Waals surface area (Å²) in [6.45, 7) is 6.83. The number of allylic oxidation sites excluding steroid dienone is 17. The second-order valence-electron chi connectivity index (χ2n) is 22.5. The Labute approximate surface area is 487 Å². The zero-order valence-electron chi connectivity index (χ0n) is 51.8. The van der Waals surface area contributed by atoms with Crippen molar-refractivity contribution in [2.45, 2.75) is 277 Å². The van der Waals surface area contributed by atoms with Crippen LogP contribution in [0.1, 0.15) is 265 Å². The van der Waals surface area contributed by atoms with E-state index in [1.807, 2.05) is 33.3 Å². The van der Waals surface area contributed by atoms with Gasteiger partial charge in [-0.25, -0.2) is 4.57 Å². The van der Waals surface area contributed by atoms with Gasteiger partial charge in [0.2, 0.25) is 5.91 Å². The molecule has 9 nitrogen and oxygen atoms in total.